The fraction of sp³-hybridized carbons (Fsp3) is 0.625. The van der Waals surface area contributed by atoms with Gasteiger partial charge in [0.25, 0.3) is 0 Å². The molecule has 0 aliphatic rings. The molecule has 0 rings (SSSR count). The minimum Gasteiger partial charge on any atom is -0.327 e. The first-order valence-corrected chi connectivity index (χ1v) is 3.56. The highest BCUT2D eigenvalue weighted by Crippen LogP contribution is 2.03. The zero-order valence-corrected chi connectivity index (χ0v) is 6.38. The molecule has 1 unspecified atom stereocenters. The smallest absolute Gasteiger partial charge is 0.0652 e. The van der Waals surface area contributed by atoms with Crippen molar-refractivity contribution in [2.24, 2.45) is 11.7 Å². The molecule has 56 valence electrons. The molecule has 2 nitrogen and oxygen atoms in total. The first kappa shape index (κ1) is 9.19. The summed E-state index contributed by atoms with van der Waals surface area (Å²) in [4.78, 5) is 0. The average Bonchev–Trinajstić information content (AvgIpc) is 1.98. The number of allylic oxidation sites excluding steroid dienone is 1. The predicted molar refractivity (Wildman–Crippen MR) is 42.2 cm³/mol. The first-order chi connectivity index (χ1) is 4.81. The number of hydrogen-bond acceptors (Lipinski definition) is 2. The summed E-state index contributed by atoms with van der Waals surface area (Å²) in [6.45, 7) is 2.53. The Hall–Kier alpha value is -0.810. The van der Waals surface area contributed by atoms with E-state index in [0.29, 0.717) is 6.54 Å². The van der Waals surface area contributed by atoms with Gasteiger partial charge < -0.3 is 5.73 Å². The van der Waals surface area contributed by atoms with Gasteiger partial charge in [0.2, 0.25) is 0 Å². The van der Waals surface area contributed by atoms with Gasteiger partial charge in [-0.3, -0.25) is 0 Å². The number of hydrogen-bond donors (Lipinski definition) is 1. The Morgan fingerprint density at radius 2 is 2.30 bits per heavy atom. The van der Waals surface area contributed by atoms with Gasteiger partial charge in [0.15, 0.2) is 0 Å². The molecule has 0 fully saturated rings. The van der Waals surface area contributed by atoms with Crippen molar-refractivity contribution in [1.29, 1.82) is 5.26 Å². The monoisotopic (exact) mass is 138 g/mol. The van der Waals surface area contributed by atoms with Crippen LogP contribution < -0.4 is 5.73 Å². The van der Waals surface area contributed by atoms with Crippen LogP contribution in [0.25, 0.3) is 0 Å². The van der Waals surface area contributed by atoms with Crippen molar-refractivity contribution >= 4 is 0 Å². The van der Waals surface area contributed by atoms with E-state index in [1.165, 1.54) is 0 Å². The predicted octanol–water partition coefficient (Wildman–Crippen LogP) is 1.44. The quantitative estimate of drug-likeness (QED) is 0.597. The Bertz CT molecular complexity index is 133. The Morgan fingerprint density at radius 3 is 2.80 bits per heavy atom. The summed E-state index contributed by atoms with van der Waals surface area (Å²) in [6, 6.07) is 2.18. The molecule has 0 bridgehead atoms. The fourth-order valence-corrected chi connectivity index (χ4v) is 0.625. The molecule has 0 heterocycles. The summed E-state index contributed by atoms with van der Waals surface area (Å²) in [5.41, 5.74) is 5.23. The summed E-state index contributed by atoms with van der Waals surface area (Å²) >= 11 is 0. The summed E-state index contributed by atoms with van der Waals surface area (Å²) < 4.78 is 0. The molecule has 0 aliphatic carbocycles. The van der Waals surface area contributed by atoms with Gasteiger partial charge in [0, 0.05) is 12.5 Å². The van der Waals surface area contributed by atoms with Crippen LogP contribution in [0, 0.1) is 17.2 Å². The third-order valence-corrected chi connectivity index (χ3v) is 1.29. The molecule has 0 spiro atoms. The van der Waals surface area contributed by atoms with Crippen molar-refractivity contribution in [2.75, 3.05) is 6.54 Å². The molecule has 0 saturated carbocycles. The lowest BCUT2D eigenvalue weighted by atomic mass is 10.1. The average molecular weight is 138 g/mol. The first-order valence-electron chi connectivity index (χ1n) is 3.56. The third-order valence-electron chi connectivity index (χ3n) is 1.29. The molecule has 0 amide bonds. The lowest BCUT2D eigenvalue weighted by Gasteiger charge is -1.95. The van der Waals surface area contributed by atoms with Gasteiger partial charge in [0.1, 0.15) is 0 Å². The number of nitrogens with zero attached hydrogens (tertiary/aromatic N) is 1. The van der Waals surface area contributed by atoms with Crippen LogP contribution in [0.5, 0.6) is 0 Å². The van der Waals surface area contributed by atoms with Crippen LogP contribution in [0.3, 0.4) is 0 Å². The number of nitriles is 1. The minimum absolute atomic E-state index is 0.169. The van der Waals surface area contributed by atoms with Crippen LogP contribution in [0.4, 0.5) is 0 Å². The molecule has 0 radical (unpaired) electrons. The third kappa shape index (κ3) is 5.33. The second-order valence-corrected chi connectivity index (χ2v) is 2.31. The zero-order chi connectivity index (χ0) is 7.82. The van der Waals surface area contributed by atoms with Crippen LogP contribution in [-0.4, -0.2) is 6.54 Å². The van der Waals surface area contributed by atoms with E-state index in [-0.39, 0.29) is 5.92 Å². The SMILES string of the molecule is CC(C#N)CCC=CCN. The summed E-state index contributed by atoms with van der Waals surface area (Å²) in [5, 5.41) is 8.39. The highest BCUT2D eigenvalue weighted by molar-refractivity contribution is 4.86. The van der Waals surface area contributed by atoms with Crippen LogP contribution in [0.2, 0.25) is 0 Å². The van der Waals surface area contributed by atoms with Crippen molar-refractivity contribution in [3.63, 3.8) is 0 Å². The molecular weight excluding hydrogens is 124 g/mol. The van der Waals surface area contributed by atoms with Crippen molar-refractivity contribution < 1.29 is 0 Å². The lowest BCUT2D eigenvalue weighted by Crippen LogP contribution is -1.93. The maximum Gasteiger partial charge on any atom is 0.0652 e. The van der Waals surface area contributed by atoms with Crippen molar-refractivity contribution in [3.8, 4) is 6.07 Å². The van der Waals surface area contributed by atoms with Crippen LogP contribution in [0.15, 0.2) is 12.2 Å². The van der Waals surface area contributed by atoms with Gasteiger partial charge in [-0.15, -0.1) is 0 Å². The summed E-state index contributed by atoms with van der Waals surface area (Å²) in [6.07, 6.45) is 5.84. The molecule has 2 N–H and O–H groups in total. The summed E-state index contributed by atoms with van der Waals surface area (Å²) in [7, 11) is 0. The van der Waals surface area contributed by atoms with E-state index in [1.54, 1.807) is 0 Å². The Balaban J connectivity index is 3.21. The molecule has 1 atom stereocenters. The van der Waals surface area contributed by atoms with E-state index in [9.17, 15) is 0 Å². The molecule has 0 aromatic carbocycles. The largest absolute Gasteiger partial charge is 0.327 e. The van der Waals surface area contributed by atoms with Crippen molar-refractivity contribution in [2.45, 2.75) is 19.8 Å². The van der Waals surface area contributed by atoms with Gasteiger partial charge in [-0.2, -0.15) is 5.26 Å². The van der Waals surface area contributed by atoms with Gasteiger partial charge >= 0.3 is 0 Å². The Morgan fingerprint density at radius 1 is 1.60 bits per heavy atom. The highest BCUT2D eigenvalue weighted by atomic mass is 14.5. The van der Waals surface area contributed by atoms with Crippen LogP contribution >= 0.6 is 0 Å². The van der Waals surface area contributed by atoms with Gasteiger partial charge in [-0.05, 0) is 19.8 Å². The molecule has 10 heavy (non-hydrogen) atoms. The highest BCUT2D eigenvalue weighted by Gasteiger charge is 1.94. The molecule has 2 heteroatoms. The molecular formula is C8H14N2. The normalized spacial score (nSPS) is 13.3. The van der Waals surface area contributed by atoms with Gasteiger partial charge in [0.05, 0.1) is 6.07 Å². The second-order valence-electron chi connectivity index (χ2n) is 2.31. The molecule has 0 aromatic heterocycles. The van der Waals surface area contributed by atoms with Gasteiger partial charge in [-0.1, -0.05) is 12.2 Å². The number of nitrogens with two attached hydrogens (primary N) is 1. The Labute approximate surface area is 62.3 Å². The lowest BCUT2D eigenvalue weighted by molar-refractivity contribution is 0.670. The van der Waals surface area contributed by atoms with E-state index in [4.69, 9.17) is 11.0 Å². The fourth-order valence-electron chi connectivity index (χ4n) is 0.625. The maximum absolute atomic E-state index is 8.39. The standard InChI is InChI=1S/C8H14N2/c1-8(7-10)5-3-2-4-6-9/h2,4,8H,3,5-6,9H2,1H3. The summed E-state index contributed by atoms with van der Waals surface area (Å²) in [5.74, 6) is 0.169. The van der Waals surface area contributed by atoms with Crippen LogP contribution in [0.1, 0.15) is 19.8 Å². The van der Waals surface area contributed by atoms with Gasteiger partial charge in [-0.25, -0.2) is 0 Å². The van der Waals surface area contributed by atoms with E-state index >= 15 is 0 Å². The molecule has 0 aliphatic heterocycles. The number of rotatable bonds is 4. The van der Waals surface area contributed by atoms with Crippen LogP contribution in [-0.2, 0) is 0 Å². The van der Waals surface area contributed by atoms with E-state index < -0.39 is 0 Å². The van der Waals surface area contributed by atoms with E-state index in [0.717, 1.165) is 12.8 Å². The zero-order valence-electron chi connectivity index (χ0n) is 6.38. The maximum atomic E-state index is 8.39. The molecule has 0 aromatic rings. The Kier molecular flexibility index (Phi) is 5.80. The second kappa shape index (κ2) is 6.31. The van der Waals surface area contributed by atoms with Crippen molar-refractivity contribution in [3.05, 3.63) is 12.2 Å². The van der Waals surface area contributed by atoms with E-state index in [2.05, 4.69) is 6.07 Å². The van der Waals surface area contributed by atoms with E-state index in [1.807, 2.05) is 19.1 Å². The van der Waals surface area contributed by atoms with Crippen molar-refractivity contribution in [1.82, 2.24) is 0 Å². The topological polar surface area (TPSA) is 49.8 Å². The molecule has 0 saturated heterocycles. The minimum atomic E-state index is 0.169.